The van der Waals surface area contributed by atoms with E-state index < -0.39 is 0 Å². The summed E-state index contributed by atoms with van der Waals surface area (Å²) in [7, 11) is 1.85. The van der Waals surface area contributed by atoms with Crippen molar-refractivity contribution >= 4 is 17.6 Å². The van der Waals surface area contributed by atoms with E-state index in [1.54, 1.807) is 30.2 Å². The lowest BCUT2D eigenvalue weighted by Gasteiger charge is -2.36. The molecule has 1 fully saturated rings. The first-order valence-electron chi connectivity index (χ1n) is 10.1. The number of carbonyl (C=O) groups is 2. The van der Waals surface area contributed by atoms with E-state index in [1.165, 1.54) is 0 Å². The van der Waals surface area contributed by atoms with Gasteiger partial charge in [0.15, 0.2) is 5.82 Å². The van der Waals surface area contributed by atoms with Gasteiger partial charge in [0.25, 0.3) is 5.91 Å². The molecule has 0 bridgehead atoms. The summed E-state index contributed by atoms with van der Waals surface area (Å²) in [5.41, 5.74) is 2.37. The van der Waals surface area contributed by atoms with Crippen molar-refractivity contribution in [1.29, 1.82) is 0 Å². The number of nitrogens with one attached hydrogen (secondary N) is 1. The van der Waals surface area contributed by atoms with Gasteiger partial charge in [0, 0.05) is 38.8 Å². The van der Waals surface area contributed by atoms with Crippen LogP contribution in [-0.2, 0) is 17.8 Å². The molecule has 0 radical (unpaired) electrons. The lowest BCUT2D eigenvalue weighted by molar-refractivity contribution is -0.129. The summed E-state index contributed by atoms with van der Waals surface area (Å²) in [6, 6.07) is 5.18. The molecule has 4 rings (SSSR count). The Morgan fingerprint density at radius 2 is 2.03 bits per heavy atom. The highest BCUT2D eigenvalue weighted by Gasteiger charge is 2.33. The molecule has 0 spiro atoms. The van der Waals surface area contributed by atoms with E-state index in [9.17, 15) is 9.59 Å². The first-order chi connectivity index (χ1) is 14.1. The van der Waals surface area contributed by atoms with Crippen LogP contribution in [0.15, 0.2) is 24.4 Å². The molecule has 2 aliphatic heterocycles. The SMILES string of the molecule is CNc1nc([C@@H]2CCCCN2C(=O)c2ccccn2)nc2c1CCN(C(C)=O)C2. The van der Waals surface area contributed by atoms with Crippen LogP contribution in [-0.4, -0.2) is 56.7 Å². The molecule has 8 nitrogen and oxygen atoms in total. The summed E-state index contributed by atoms with van der Waals surface area (Å²) in [5.74, 6) is 1.39. The Hall–Kier alpha value is -3.03. The van der Waals surface area contributed by atoms with Crippen LogP contribution < -0.4 is 5.32 Å². The smallest absolute Gasteiger partial charge is 0.273 e. The van der Waals surface area contributed by atoms with Crippen LogP contribution in [0.1, 0.15) is 59.8 Å². The minimum absolute atomic E-state index is 0.0476. The molecule has 0 aliphatic carbocycles. The van der Waals surface area contributed by atoms with Gasteiger partial charge in [0.2, 0.25) is 5.91 Å². The predicted molar refractivity (Wildman–Crippen MR) is 108 cm³/mol. The van der Waals surface area contributed by atoms with E-state index >= 15 is 0 Å². The molecule has 2 aliphatic rings. The first-order valence-corrected chi connectivity index (χ1v) is 10.1. The zero-order valence-electron chi connectivity index (χ0n) is 16.9. The third kappa shape index (κ3) is 3.79. The molecule has 1 N–H and O–H groups in total. The van der Waals surface area contributed by atoms with Gasteiger partial charge in [-0.3, -0.25) is 14.6 Å². The summed E-state index contributed by atoms with van der Waals surface area (Å²) in [6.07, 6.45) is 5.16. The van der Waals surface area contributed by atoms with Crippen LogP contribution >= 0.6 is 0 Å². The summed E-state index contributed by atoms with van der Waals surface area (Å²) >= 11 is 0. The van der Waals surface area contributed by atoms with Gasteiger partial charge in [-0.05, 0) is 37.8 Å². The fourth-order valence-electron chi connectivity index (χ4n) is 4.15. The number of hydrogen-bond donors (Lipinski definition) is 1. The molecule has 0 unspecified atom stereocenters. The lowest BCUT2D eigenvalue weighted by Crippen LogP contribution is -2.40. The van der Waals surface area contributed by atoms with Crippen molar-refractivity contribution in [2.24, 2.45) is 0 Å². The second-order valence-corrected chi connectivity index (χ2v) is 7.52. The first kappa shape index (κ1) is 19.3. The molecular weight excluding hydrogens is 368 g/mol. The van der Waals surface area contributed by atoms with E-state index in [4.69, 9.17) is 9.97 Å². The van der Waals surface area contributed by atoms with Crippen LogP contribution in [0.4, 0.5) is 5.82 Å². The summed E-state index contributed by atoms with van der Waals surface area (Å²) in [5, 5.41) is 3.18. The van der Waals surface area contributed by atoms with E-state index in [2.05, 4.69) is 10.3 Å². The van der Waals surface area contributed by atoms with Crippen molar-refractivity contribution < 1.29 is 9.59 Å². The number of likely N-dealkylation sites (tertiary alicyclic amines) is 1. The molecule has 152 valence electrons. The molecule has 2 aromatic rings. The van der Waals surface area contributed by atoms with Crippen LogP contribution in [0.5, 0.6) is 0 Å². The molecule has 0 saturated carbocycles. The molecule has 8 heteroatoms. The monoisotopic (exact) mass is 394 g/mol. The standard InChI is InChI=1S/C21H26N6O2/c1-14(28)26-12-9-15-17(13-26)24-20(25-19(15)22-2)18-8-4-6-11-27(18)21(29)16-7-3-5-10-23-16/h3,5,7,10,18H,4,6,8-9,11-13H2,1-2H3,(H,22,24,25)/t18-/m0/s1. The van der Waals surface area contributed by atoms with Crippen LogP contribution in [0.25, 0.3) is 0 Å². The molecule has 2 amide bonds. The van der Waals surface area contributed by atoms with Crippen LogP contribution in [0.2, 0.25) is 0 Å². The third-order valence-electron chi connectivity index (χ3n) is 5.71. The Morgan fingerprint density at radius 1 is 1.17 bits per heavy atom. The van der Waals surface area contributed by atoms with E-state index in [1.807, 2.05) is 18.0 Å². The van der Waals surface area contributed by atoms with E-state index in [0.29, 0.717) is 31.2 Å². The minimum Gasteiger partial charge on any atom is -0.373 e. The summed E-state index contributed by atoms with van der Waals surface area (Å²) < 4.78 is 0. The number of amides is 2. The molecule has 29 heavy (non-hydrogen) atoms. The van der Waals surface area contributed by atoms with Gasteiger partial charge in [-0.2, -0.15) is 0 Å². The molecular formula is C21H26N6O2. The van der Waals surface area contributed by atoms with Crippen molar-refractivity contribution in [3.63, 3.8) is 0 Å². The second-order valence-electron chi connectivity index (χ2n) is 7.52. The third-order valence-corrected chi connectivity index (χ3v) is 5.71. The number of piperidine rings is 1. The zero-order chi connectivity index (χ0) is 20.4. The Morgan fingerprint density at radius 3 is 2.76 bits per heavy atom. The number of anilines is 1. The van der Waals surface area contributed by atoms with Gasteiger partial charge in [0.05, 0.1) is 18.3 Å². The molecule has 1 saturated heterocycles. The Kier molecular flexibility index (Phi) is 5.42. The van der Waals surface area contributed by atoms with E-state index in [-0.39, 0.29) is 17.9 Å². The predicted octanol–water partition coefficient (Wildman–Crippen LogP) is 2.19. The second kappa shape index (κ2) is 8.14. The lowest BCUT2D eigenvalue weighted by atomic mass is 9.99. The highest BCUT2D eigenvalue weighted by atomic mass is 16.2. The Balaban J connectivity index is 1.69. The molecule has 2 aromatic heterocycles. The Bertz CT molecular complexity index is 917. The number of nitrogens with zero attached hydrogens (tertiary/aromatic N) is 5. The largest absolute Gasteiger partial charge is 0.373 e. The van der Waals surface area contributed by atoms with Crippen LogP contribution in [0.3, 0.4) is 0 Å². The molecule has 4 heterocycles. The number of hydrogen-bond acceptors (Lipinski definition) is 6. The van der Waals surface area contributed by atoms with Gasteiger partial charge in [-0.1, -0.05) is 6.07 Å². The maximum absolute atomic E-state index is 13.1. The zero-order valence-corrected chi connectivity index (χ0v) is 16.9. The highest BCUT2D eigenvalue weighted by Crippen LogP contribution is 2.33. The van der Waals surface area contributed by atoms with Gasteiger partial charge in [0.1, 0.15) is 11.5 Å². The average Bonchev–Trinajstić information content (AvgIpc) is 2.77. The van der Waals surface area contributed by atoms with Gasteiger partial charge in [-0.15, -0.1) is 0 Å². The minimum atomic E-state index is -0.191. The van der Waals surface area contributed by atoms with Crippen LogP contribution in [0, 0.1) is 0 Å². The van der Waals surface area contributed by atoms with Gasteiger partial charge in [-0.25, -0.2) is 9.97 Å². The van der Waals surface area contributed by atoms with Crippen molar-refractivity contribution in [2.75, 3.05) is 25.5 Å². The number of rotatable bonds is 3. The summed E-state index contributed by atoms with van der Waals surface area (Å²) in [4.78, 5) is 42.5. The van der Waals surface area contributed by atoms with Crippen molar-refractivity contribution in [3.8, 4) is 0 Å². The van der Waals surface area contributed by atoms with Crippen molar-refractivity contribution in [3.05, 3.63) is 47.2 Å². The number of pyridine rings is 1. The van der Waals surface area contributed by atoms with Gasteiger partial charge < -0.3 is 15.1 Å². The van der Waals surface area contributed by atoms with Crippen molar-refractivity contribution in [2.45, 2.75) is 45.2 Å². The number of fused-ring (bicyclic) bond motifs is 1. The maximum Gasteiger partial charge on any atom is 0.273 e. The quantitative estimate of drug-likeness (QED) is 0.858. The number of carbonyl (C=O) groups excluding carboxylic acids is 2. The fourth-order valence-corrected chi connectivity index (χ4v) is 4.15. The molecule has 1 atom stereocenters. The topological polar surface area (TPSA) is 91.3 Å². The van der Waals surface area contributed by atoms with E-state index in [0.717, 1.165) is 42.8 Å². The number of aromatic nitrogens is 3. The Labute approximate surface area is 170 Å². The molecule has 0 aromatic carbocycles. The van der Waals surface area contributed by atoms with Crippen molar-refractivity contribution in [1.82, 2.24) is 24.8 Å². The fraction of sp³-hybridized carbons (Fsp3) is 0.476. The highest BCUT2D eigenvalue weighted by molar-refractivity contribution is 5.92. The average molecular weight is 394 g/mol. The summed E-state index contributed by atoms with van der Waals surface area (Å²) in [6.45, 7) is 3.40. The normalized spacial score (nSPS) is 18.9. The maximum atomic E-state index is 13.1. The van der Waals surface area contributed by atoms with Gasteiger partial charge >= 0.3 is 0 Å².